The minimum atomic E-state index is -0.439. The highest BCUT2D eigenvalue weighted by Crippen LogP contribution is 2.17. The van der Waals surface area contributed by atoms with Crippen LogP contribution >= 0.6 is 0 Å². The van der Waals surface area contributed by atoms with Crippen molar-refractivity contribution < 1.29 is 9.53 Å². The molecular weight excluding hydrogens is 268 g/mol. The lowest BCUT2D eigenvalue weighted by molar-refractivity contribution is 0.0999. The number of aromatic nitrogens is 3. The maximum Gasteiger partial charge on any atom is 0.408 e. The third kappa shape index (κ3) is 4.30. The monoisotopic (exact) mass is 288 g/mol. The fraction of sp³-hybridized carbons (Fsp3) is 0.400. The van der Waals surface area contributed by atoms with Gasteiger partial charge in [0.2, 0.25) is 0 Å². The molecule has 0 saturated carbocycles. The van der Waals surface area contributed by atoms with Crippen molar-refractivity contribution in [1.82, 2.24) is 20.1 Å². The normalized spacial score (nSPS) is 12.8. The summed E-state index contributed by atoms with van der Waals surface area (Å²) in [6.07, 6.45) is 4.39. The molecule has 0 aromatic carbocycles. The van der Waals surface area contributed by atoms with Crippen LogP contribution in [0.1, 0.15) is 39.4 Å². The van der Waals surface area contributed by atoms with Gasteiger partial charge < -0.3 is 10.1 Å². The maximum absolute atomic E-state index is 11.7. The van der Waals surface area contributed by atoms with E-state index in [1.165, 1.54) is 0 Å². The molecule has 0 bridgehead atoms. The van der Waals surface area contributed by atoms with E-state index in [1.807, 2.05) is 52.1 Å². The number of hydrogen-bond donors (Lipinski definition) is 1. The van der Waals surface area contributed by atoms with Crippen LogP contribution in [0.25, 0.3) is 5.82 Å². The number of rotatable bonds is 3. The Hall–Kier alpha value is -2.37. The molecule has 6 heteroatoms. The molecule has 1 N–H and O–H groups in total. The van der Waals surface area contributed by atoms with Gasteiger partial charge >= 0.3 is 6.09 Å². The van der Waals surface area contributed by atoms with Gasteiger partial charge in [0, 0.05) is 29.7 Å². The van der Waals surface area contributed by atoms with Crippen LogP contribution in [0.3, 0.4) is 0 Å². The van der Waals surface area contributed by atoms with Crippen LogP contribution in [0.15, 0.2) is 36.8 Å². The summed E-state index contributed by atoms with van der Waals surface area (Å²) in [5.74, 6) is 0.718. The molecule has 1 atom stereocenters. The van der Waals surface area contributed by atoms with E-state index < -0.39 is 6.09 Å². The molecule has 0 aliphatic rings. The predicted molar refractivity (Wildman–Crippen MR) is 79.1 cm³/mol. The number of hydrogen-bond acceptors (Lipinski definition) is 4. The van der Waals surface area contributed by atoms with E-state index in [-0.39, 0.29) is 11.6 Å². The summed E-state index contributed by atoms with van der Waals surface area (Å²) in [6.45, 7) is 7.52. The first kappa shape index (κ1) is 15.0. The van der Waals surface area contributed by atoms with Crippen molar-refractivity contribution in [2.45, 2.75) is 39.3 Å². The maximum atomic E-state index is 11.7. The molecule has 0 spiro atoms. The molecular formula is C15H20N4O2. The summed E-state index contributed by atoms with van der Waals surface area (Å²) < 4.78 is 7.00. The molecule has 0 radical (unpaired) electrons. The smallest absolute Gasteiger partial charge is 0.408 e. The van der Waals surface area contributed by atoms with Crippen LogP contribution in [0.4, 0.5) is 4.79 Å². The molecule has 2 aromatic heterocycles. The minimum Gasteiger partial charge on any atom is -0.442 e. The summed E-state index contributed by atoms with van der Waals surface area (Å²) in [4.78, 5) is 16.0. The Morgan fingerprint density at radius 3 is 2.67 bits per heavy atom. The Morgan fingerprint density at radius 2 is 2.14 bits per heavy atom. The van der Waals surface area contributed by atoms with Crippen LogP contribution in [-0.4, -0.2) is 26.4 Å². The van der Waals surface area contributed by atoms with Gasteiger partial charge in [0.25, 0.3) is 0 Å². The Balaban J connectivity index is 2.00. The molecule has 0 unspecified atom stereocenters. The summed E-state index contributed by atoms with van der Waals surface area (Å²) in [7, 11) is 0. The number of nitrogens with zero attached hydrogens (tertiary/aromatic N) is 3. The summed E-state index contributed by atoms with van der Waals surface area (Å²) >= 11 is 0. The van der Waals surface area contributed by atoms with Crippen LogP contribution in [0.2, 0.25) is 0 Å². The number of carbonyl (C=O) groups is 1. The molecule has 2 aromatic rings. The second-order valence-corrected chi connectivity index (χ2v) is 5.82. The van der Waals surface area contributed by atoms with Gasteiger partial charge in [-0.1, -0.05) is 6.07 Å². The lowest BCUT2D eigenvalue weighted by atomic mass is 10.1. The Kier molecular flexibility index (Phi) is 4.26. The van der Waals surface area contributed by atoms with Crippen molar-refractivity contribution >= 4 is 6.09 Å². The average Bonchev–Trinajstić information content (AvgIpc) is 2.90. The molecule has 0 aliphatic heterocycles. The first-order valence-electron chi connectivity index (χ1n) is 6.80. The number of ether oxygens (including phenoxy) is 1. The summed E-state index contributed by atoms with van der Waals surface area (Å²) in [5, 5.41) is 6.87. The van der Waals surface area contributed by atoms with Gasteiger partial charge in [-0.3, -0.25) is 0 Å². The molecule has 0 saturated heterocycles. The van der Waals surface area contributed by atoms with Gasteiger partial charge in [0.1, 0.15) is 6.10 Å². The first-order chi connectivity index (χ1) is 9.85. The van der Waals surface area contributed by atoms with Gasteiger partial charge in [-0.25, -0.2) is 14.5 Å². The molecule has 0 fully saturated rings. The molecule has 6 nitrogen and oxygen atoms in total. The largest absolute Gasteiger partial charge is 0.442 e. The number of nitrogens with one attached hydrogen (secondary N) is 1. The van der Waals surface area contributed by atoms with E-state index in [9.17, 15) is 4.79 Å². The van der Waals surface area contributed by atoms with E-state index in [4.69, 9.17) is 4.74 Å². The third-order valence-electron chi connectivity index (χ3n) is 2.74. The first-order valence-corrected chi connectivity index (χ1v) is 6.80. The van der Waals surface area contributed by atoms with Crippen LogP contribution in [0, 0.1) is 0 Å². The van der Waals surface area contributed by atoms with Crippen molar-refractivity contribution in [3.63, 3.8) is 0 Å². The Labute approximate surface area is 124 Å². The third-order valence-corrected chi connectivity index (χ3v) is 2.74. The Morgan fingerprint density at radius 1 is 1.38 bits per heavy atom. The second kappa shape index (κ2) is 5.95. The highest BCUT2D eigenvalue weighted by atomic mass is 16.6. The van der Waals surface area contributed by atoms with Gasteiger partial charge in [-0.05, 0) is 39.8 Å². The number of pyridine rings is 1. The highest BCUT2D eigenvalue weighted by Gasteiger charge is 2.18. The van der Waals surface area contributed by atoms with Gasteiger partial charge in [0.15, 0.2) is 5.82 Å². The quantitative estimate of drug-likeness (QED) is 0.943. The van der Waals surface area contributed by atoms with Crippen molar-refractivity contribution in [3.05, 3.63) is 42.4 Å². The molecule has 1 amide bonds. The lowest BCUT2D eigenvalue weighted by Crippen LogP contribution is -2.41. The number of amides is 1. The van der Waals surface area contributed by atoms with Gasteiger partial charge in [0.05, 0.1) is 0 Å². The van der Waals surface area contributed by atoms with Gasteiger partial charge in [-0.2, -0.15) is 5.10 Å². The van der Waals surface area contributed by atoms with Crippen LogP contribution < -0.4 is 5.32 Å². The fourth-order valence-corrected chi connectivity index (χ4v) is 1.74. The summed E-state index contributed by atoms with van der Waals surface area (Å²) in [5.41, 5.74) is 0.508. The molecule has 0 aliphatic carbocycles. The molecule has 112 valence electrons. The van der Waals surface area contributed by atoms with Crippen molar-refractivity contribution in [2.24, 2.45) is 0 Å². The van der Waals surface area contributed by atoms with Crippen molar-refractivity contribution in [3.8, 4) is 5.82 Å². The fourth-order valence-electron chi connectivity index (χ4n) is 1.74. The van der Waals surface area contributed by atoms with Crippen LogP contribution in [0.5, 0.6) is 0 Å². The zero-order valence-electron chi connectivity index (χ0n) is 12.7. The van der Waals surface area contributed by atoms with Crippen molar-refractivity contribution in [1.29, 1.82) is 0 Å². The minimum absolute atomic E-state index is 0.320. The molecule has 2 rings (SSSR count). The van der Waals surface area contributed by atoms with E-state index in [1.54, 1.807) is 17.1 Å². The SMILES string of the molecule is C[C@H](OC(=O)NC(C)(C)C)c1ccc(-n2cccn2)nc1. The van der Waals surface area contributed by atoms with E-state index >= 15 is 0 Å². The zero-order valence-corrected chi connectivity index (χ0v) is 12.7. The van der Waals surface area contributed by atoms with E-state index in [0.29, 0.717) is 0 Å². The zero-order chi connectivity index (χ0) is 15.5. The number of alkyl carbamates (subject to hydrolysis) is 1. The number of carbonyl (C=O) groups excluding carboxylic acids is 1. The van der Waals surface area contributed by atoms with Crippen LogP contribution in [-0.2, 0) is 4.74 Å². The summed E-state index contributed by atoms with van der Waals surface area (Å²) in [6, 6.07) is 5.54. The molecule has 2 heterocycles. The van der Waals surface area contributed by atoms with E-state index in [0.717, 1.165) is 11.4 Å². The Bertz CT molecular complexity index is 585. The lowest BCUT2D eigenvalue weighted by Gasteiger charge is -2.22. The molecule has 21 heavy (non-hydrogen) atoms. The highest BCUT2D eigenvalue weighted by molar-refractivity contribution is 5.68. The predicted octanol–water partition coefficient (Wildman–Crippen LogP) is 2.85. The average molecular weight is 288 g/mol. The standard InChI is InChI=1S/C15H20N4O2/c1-11(21-14(20)18-15(2,3)4)12-6-7-13(16-10-12)19-9-5-8-17-19/h5-11H,1-4H3,(H,18,20)/t11-/m0/s1. The second-order valence-electron chi connectivity index (χ2n) is 5.82. The topological polar surface area (TPSA) is 69.0 Å². The van der Waals surface area contributed by atoms with E-state index in [2.05, 4.69) is 15.4 Å². The van der Waals surface area contributed by atoms with Gasteiger partial charge in [-0.15, -0.1) is 0 Å². The van der Waals surface area contributed by atoms with Crippen molar-refractivity contribution in [2.75, 3.05) is 0 Å².